The Kier molecular flexibility index (Phi) is 7.34. The summed E-state index contributed by atoms with van der Waals surface area (Å²) in [5, 5.41) is 7.02. The highest BCUT2D eigenvalue weighted by Gasteiger charge is 2.16. The van der Waals surface area contributed by atoms with Gasteiger partial charge in [-0.3, -0.25) is 0 Å². The van der Waals surface area contributed by atoms with Crippen LogP contribution in [0, 0.1) is 0 Å². The van der Waals surface area contributed by atoms with Gasteiger partial charge in [-0.25, -0.2) is 9.97 Å². The third kappa shape index (κ3) is 4.66. The van der Waals surface area contributed by atoms with Gasteiger partial charge in [-0.2, -0.15) is 0 Å². The van der Waals surface area contributed by atoms with Crippen LogP contribution < -0.4 is 10.6 Å². The lowest BCUT2D eigenvalue weighted by Gasteiger charge is -2.22. The number of nitrogens with one attached hydrogen (secondary N) is 2. The molecule has 20 heavy (non-hydrogen) atoms. The van der Waals surface area contributed by atoms with Crippen molar-refractivity contribution in [1.29, 1.82) is 0 Å². The molecular formula is C16H30N4. The molecule has 0 saturated carbocycles. The molecule has 0 bridgehead atoms. The van der Waals surface area contributed by atoms with Crippen molar-refractivity contribution in [3.63, 3.8) is 0 Å². The van der Waals surface area contributed by atoms with E-state index in [1.54, 1.807) is 6.33 Å². The van der Waals surface area contributed by atoms with Crippen LogP contribution in [0.15, 0.2) is 6.33 Å². The van der Waals surface area contributed by atoms with E-state index >= 15 is 0 Å². The maximum Gasteiger partial charge on any atom is 0.135 e. The van der Waals surface area contributed by atoms with Crippen molar-refractivity contribution in [3.8, 4) is 0 Å². The largest absolute Gasteiger partial charge is 0.370 e. The minimum atomic E-state index is 0.400. The van der Waals surface area contributed by atoms with Gasteiger partial charge in [0.1, 0.15) is 18.0 Å². The monoisotopic (exact) mass is 278 g/mol. The van der Waals surface area contributed by atoms with Crippen LogP contribution in [0.1, 0.15) is 71.8 Å². The van der Waals surface area contributed by atoms with Crippen LogP contribution >= 0.6 is 0 Å². The predicted molar refractivity (Wildman–Crippen MR) is 87.5 cm³/mol. The van der Waals surface area contributed by atoms with Crippen molar-refractivity contribution in [3.05, 3.63) is 11.9 Å². The average Bonchev–Trinajstić information content (AvgIpc) is 2.44. The van der Waals surface area contributed by atoms with Gasteiger partial charge in [0.05, 0.1) is 0 Å². The minimum Gasteiger partial charge on any atom is -0.370 e. The Morgan fingerprint density at radius 1 is 1.05 bits per heavy atom. The van der Waals surface area contributed by atoms with E-state index < -0.39 is 0 Å². The third-order valence-corrected chi connectivity index (χ3v) is 3.47. The van der Waals surface area contributed by atoms with Crippen LogP contribution in [-0.2, 0) is 0 Å². The predicted octanol–water partition coefficient (Wildman–Crippen LogP) is 4.41. The average molecular weight is 278 g/mol. The van der Waals surface area contributed by atoms with Gasteiger partial charge in [0.15, 0.2) is 0 Å². The maximum atomic E-state index is 4.48. The fraction of sp³-hybridized carbons (Fsp3) is 0.750. The third-order valence-electron chi connectivity index (χ3n) is 3.47. The Morgan fingerprint density at radius 3 is 2.30 bits per heavy atom. The first-order valence-electron chi connectivity index (χ1n) is 7.99. The molecule has 0 radical (unpaired) electrons. The molecule has 114 valence electrons. The highest BCUT2D eigenvalue weighted by Crippen LogP contribution is 2.29. The Bertz CT molecular complexity index is 390. The fourth-order valence-corrected chi connectivity index (χ4v) is 2.36. The Labute approximate surface area is 123 Å². The molecule has 1 aromatic heterocycles. The summed E-state index contributed by atoms with van der Waals surface area (Å²) in [4.78, 5) is 8.89. The minimum absolute atomic E-state index is 0.400. The second-order valence-electron chi connectivity index (χ2n) is 5.60. The van der Waals surface area contributed by atoms with Crippen molar-refractivity contribution in [2.24, 2.45) is 0 Å². The highest BCUT2D eigenvalue weighted by molar-refractivity contribution is 5.59. The first-order chi connectivity index (χ1) is 9.63. The van der Waals surface area contributed by atoms with Crippen molar-refractivity contribution < 1.29 is 0 Å². The van der Waals surface area contributed by atoms with Gasteiger partial charge in [0.25, 0.3) is 0 Å². The summed E-state index contributed by atoms with van der Waals surface area (Å²) in [7, 11) is 0. The molecule has 1 atom stereocenters. The van der Waals surface area contributed by atoms with E-state index in [1.807, 2.05) is 0 Å². The normalized spacial score (nSPS) is 12.5. The zero-order valence-electron chi connectivity index (χ0n) is 13.7. The van der Waals surface area contributed by atoms with Crippen LogP contribution in [0.4, 0.5) is 11.6 Å². The Hall–Kier alpha value is -1.32. The van der Waals surface area contributed by atoms with Gasteiger partial charge >= 0.3 is 0 Å². The molecule has 0 spiro atoms. The zero-order chi connectivity index (χ0) is 15.0. The number of aromatic nitrogens is 2. The first kappa shape index (κ1) is 16.7. The number of hydrogen-bond acceptors (Lipinski definition) is 4. The molecule has 0 aliphatic rings. The van der Waals surface area contributed by atoms with Crippen LogP contribution in [0.2, 0.25) is 0 Å². The quantitative estimate of drug-likeness (QED) is 0.702. The van der Waals surface area contributed by atoms with E-state index in [1.165, 1.54) is 18.4 Å². The lowest BCUT2D eigenvalue weighted by Crippen LogP contribution is -2.21. The summed E-state index contributed by atoms with van der Waals surface area (Å²) in [6.45, 7) is 11.9. The molecule has 0 amide bonds. The molecule has 0 aliphatic heterocycles. The van der Waals surface area contributed by atoms with Crippen molar-refractivity contribution >= 4 is 11.6 Å². The van der Waals surface area contributed by atoms with E-state index in [4.69, 9.17) is 0 Å². The summed E-state index contributed by atoms with van der Waals surface area (Å²) >= 11 is 0. The van der Waals surface area contributed by atoms with Gasteiger partial charge < -0.3 is 10.6 Å². The van der Waals surface area contributed by atoms with E-state index in [-0.39, 0.29) is 0 Å². The first-order valence-corrected chi connectivity index (χ1v) is 7.99. The molecule has 4 heteroatoms. The van der Waals surface area contributed by atoms with Gasteiger partial charge in [-0.15, -0.1) is 0 Å². The van der Waals surface area contributed by atoms with Gasteiger partial charge in [-0.05, 0) is 25.2 Å². The number of nitrogens with zero attached hydrogens (tertiary/aromatic N) is 2. The summed E-state index contributed by atoms with van der Waals surface area (Å²) in [5.74, 6) is 2.37. The molecule has 0 saturated heterocycles. The van der Waals surface area contributed by atoms with Crippen LogP contribution in [0.25, 0.3) is 0 Å². The molecule has 1 heterocycles. The van der Waals surface area contributed by atoms with Gasteiger partial charge in [-0.1, -0.05) is 41.0 Å². The molecule has 4 nitrogen and oxygen atoms in total. The van der Waals surface area contributed by atoms with E-state index in [0.29, 0.717) is 12.0 Å². The lowest BCUT2D eigenvalue weighted by atomic mass is 10.0. The van der Waals surface area contributed by atoms with Crippen molar-refractivity contribution in [1.82, 2.24) is 9.97 Å². The molecule has 2 N–H and O–H groups in total. The molecule has 0 fully saturated rings. The smallest absolute Gasteiger partial charge is 0.135 e. The lowest BCUT2D eigenvalue weighted by molar-refractivity contribution is 0.618. The fourth-order valence-electron chi connectivity index (χ4n) is 2.36. The van der Waals surface area contributed by atoms with E-state index in [9.17, 15) is 0 Å². The Balaban J connectivity index is 2.98. The molecule has 1 unspecified atom stereocenters. The van der Waals surface area contributed by atoms with E-state index in [2.05, 4.69) is 55.2 Å². The van der Waals surface area contributed by atoms with Gasteiger partial charge in [0, 0.05) is 18.2 Å². The number of rotatable bonds is 9. The summed E-state index contributed by atoms with van der Waals surface area (Å²) in [5.41, 5.74) is 1.20. The standard InChI is InChI=1S/C16H30N4/c1-6-9-13(8-3)20-16-14(12(4)5)15(17-10-7-2)18-11-19-16/h11-13H,6-10H2,1-5H3,(H2,17,18,19,20). The SMILES string of the molecule is CCCNc1ncnc(NC(CC)CCC)c1C(C)C. The topological polar surface area (TPSA) is 49.8 Å². The second kappa shape index (κ2) is 8.77. The summed E-state index contributed by atoms with van der Waals surface area (Å²) < 4.78 is 0. The van der Waals surface area contributed by atoms with Crippen LogP contribution in [0.5, 0.6) is 0 Å². The van der Waals surface area contributed by atoms with Crippen LogP contribution in [0.3, 0.4) is 0 Å². The van der Waals surface area contributed by atoms with Crippen LogP contribution in [-0.4, -0.2) is 22.6 Å². The number of hydrogen-bond donors (Lipinski definition) is 2. The van der Waals surface area contributed by atoms with Crippen molar-refractivity contribution in [2.45, 2.75) is 72.3 Å². The number of anilines is 2. The summed E-state index contributed by atoms with van der Waals surface area (Å²) in [6.07, 6.45) is 6.24. The molecule has 0 aromatic carbocycles. The molecular weight excluding hydrogens is 248 g/mol. The second-order valence-corrected chi connectivity index (χ2v) is 5.60. The van der Waals surface area contributed by atoms with Gasteiger partial charge in [0.2, 0.25) is 0 Å². The molecule has 0 aliphatic carbocycles. The Morgan fingerprint density at radius 2 is 1.75 bits per heavy atom. The van der Waals surface area contributed by atoms with Crippen molar-refractivity contribution in [2.75, 3.05) is 17.2 Å². The van der Waals surface area contributed by atoms with E-state index in [0.717, 1.165) is 31.0 Å². The maximum absolute atomic E-state index is 4.48. The molecule has 1 rings (SSSR count). The highest BCUT2D eigenvalue weighted by atomic mass is 15.1. The molecule has 1 aromatic rings. The summed E-state index contributed by atoms with van der Waals surface area (Å²) in [6, 6.07) is 0.492. The zero-order valence-corrected chi connectivity index (χ0v) is 13.7.